The second-order valence-electron chi connectivity index (χ2n) is 6.58. The zero-order valence-electron chi connectivity index (χ0n) is 14.7. The number of piperidine rings is 1. The molecule has 3 heterocycles. The SMILES string of the molecule is C#Cc1csc(C2CCN(C(C=O)Cn3nc(C(F)(F)F)cc3C)CC2)n1. The third-order valence-electron chi connectivity index (χ3n) is 4.81. The van der Waals surface area contributed by atoms with Gasteiger partial charge in [0.1, 0.15) is 12.0 Å². The molecule has 1 aliphatic rings. The van der Waals surface area contributed by atoms with Gasteiger partial charge in [0.15, 0.2) is 5.69 Å². The van der Waals surface area contributed by atoms with Gasteiger partial charge >= 0.3 is 6.18 Å². The Labute approximate surface area is 159 Å². The van der Waals surface area contributed by atoms with E-state index in [1.165, 1.54) is 4.68 Å². The minimum absolute atomic E-state index is 0.106. The van der Waals surface area contributed by atoms with Crippen molar-refractivity contribution >= 4 is 17.6 Å². The summed E-state index contributed by atoms with van der Waals surface area (Å²) >= 11 is 1.54. The van der Waals surface area contributed by atoms with Crippen molar-refractivity contribution in [3.8, 4) is 12.3 Å². The predicted molar refractivity (Wildman–Crippen MR) is 95.4 cm³/mol. The first kappa shape index (κ1) is 19.6. The van der Waals surface area contributed by atoms with E-state index in [0.29, 0.717) is 30.4 Å². The van der Waals surface area contributed by atoms with Crippen molar-refractivity contribution in [2.45, 2.75) is 44.4 Å². The molecule has 144 valence electrons. The van der Waals surface area contributed by atoms with Crippen LogP contribution in [0.5, 0.6) is 0 Å². The minimum atomic E-state index is -4.49. The van der Waals surface area contributed by atoms with Crippen LogP contribution < -0.4 is 0 Å². The molecule has 0 bridgehead atoms. The summed E-state index contributed by atoms with van der Waals surface area (Å²) in [5.74, 6) is 2.82. The molecule has 1 aliphatic heterocycles. The first-order chi connectivity index (χ1) is 12.8. The lowest BCUT2D eigenvalue weighted by Crippen LogP contribution is -2.44. The van der Waals surface area contributed by atoms with E-state index in [2.05, 4.69) is 16.0 Å². The van der Waals surface area contributed by atoms with Gasteiger partial charge in [-0.15, -0.1) is 17.8 Å². The van der Waals surface area contributed by atoms with Crippen LogP contribution in [-0.2, 0) is 17.5 Å². The Morgan fingerprint density at radius 3 is 2.67 bits per heavy atom. The van der Waals surface area contributed by atoms with Crippen molar-refractivity contribution in [1.29, 1.82) is 0 Å². The number of alkyl halides is 3. The maximum absolute atomic E-state index is 12.8. The Morgan fingerprint density at radius 1 is 1.44 bits per heavy atom. The zero-order valence-corrected chi connectivity index (χ0v) is 15.6. The molecular weight excluding hydrogens is 377 g/mol. The van der Waals surface area contributed by atoms with E-state index in [1.54, 1.807) is 18.3 Å². The molecule has 2 aromatic rings. The Hall–Kier alpha value is -2.18. The second-order valence-corrected chi connectivity index (χ2v) is 7.47. The van der Waals surface area contributed by atoms with Gasteiger partial charge in [-0.2, -0.15) is 18.3 Å². The van der Waals surface area contributed by atoms with Gasteiger partial charge in [-0.3, -0.25) is 9.58 Å². The van der Waals surface area contributed by atoms with Gasteiger partial charge in [-0.05, 0) is 44.8 Å². The van der Waals surface area contributed by atoms with E-state index in [9.17, 15) is 18.0 Å². The molecule has 0 saturated carbocycles. The zero-order chi connectivity index (χ0) is 19.6. The summed E-state index contributed by atoms with van der Waals surface area (Å²) in [6.07, 6.45) is 3.31. The molecule has 0 N–H and O–H groups in total. The molecule has 1 saturated heterocycles. The predicted octanol–water partition coefficient (Wildman–Crippen LogP) is 3.10. The number of aryl methyl sites for hydroxylation is 1. The standard InChI is InChI=1S/C18H19F3N4OS/c1-3-14-11-27-17(22-14)13-4-6-24(7-5-13)15(10-26)9-25-12(2)8-16(23-25)18(19,20)21/h1,8,10-11,13,15H,4-7,9H2,2H3. The monoisotopic (exact) mass is 396 g/mol. The van der Waals surface area contributed by atoms with Crippen LogP contribution in [0.3, 0.4) is 0 Å². The summed E-state index contributed by atoms with van der Waals surface area (Å²) in [5, 5.41) is 6.48. The number of carbonyl (C=O) groups is 1. The Bertz CT molecular complexity index is 844. The van der Waals surface area contributed by atoms with E-state index in [1.807, 2.05) is 10.3 Å². The van der Waals surface area contributed by atoms with Crippen molar-refractivity contribution in [1.82, 2.24) is 19.7 Å². The van der Waals surface area contributed by atoms with Crippen LogP contribution in [-0.4, -0.2) is 45.1 Å². The Balaban J connectivity index is 1.63. The van der Waals surface area contributed by atoms with Gasteiger partial charge in [0, 0.05) is 17.0 Å². The quantitative estimate of drug-likeness (QED) is 0.576. The molecule has 27 heavy (non-hydrogen) atoms. The summed E-state index contributed by atoms with van der Waals surface area (Å²) in [6.45, 7) is 3.01. The number of nitrogens with zero attached hydrogens (tertiary/aromatic N) is 4. The number of halogens is 3. The fraction of sp³-hybridized carbons (Fsp3) is 0.500. The molecule has 1 fully saturated rings. The maximum Gasteiger partial charge on any atom is 0.435 e. The summed E-state index contributed by atoms with van der Waals surface area (Å²) < 4.78 is 39.7. The van der Waals surface area contributed by atoms with E-state index < -0.39 is 17.9 Å². The highest BCUT2D eigenvalue weighted by atomic mass is 32.1. The Morgan fingerprint density at radius 2 is 2.15 bits per heavy atom. The van der Waals surface area contributed by atoms with E-state index in [0.717, 1.165) is 30.2 Å². The Kier molecular flexibility index (Phi) is 5.67. The largest absolute Gasteiger partial charge is 0.435 e. The molecule has 9 heteroatoms. The van der Waals surface area contributed by atoms with Crippen molar-refractivity contribution in [2.24, 2.45) is 0 Å². The molecule has 0 radical (unpaired) electrons. The van der Waals surface area contributed by atoms with Gasteiger partial charge in [0.25, 0.3) is 0 Å². The number of carbonyl (C=O) groups excluding carboxylic acids is 1. The number of aldehydes is 1. The minimum Gasteiger partial charge on any atom is -0.302 e. The topological polar surface area (TPSA) is 51.0 Å². The summed E-state index contributed by atoms with van der Waals surface area (Å²) in [4.78, 5) is 18.0. The number of aromatic nitrogens is 3. The first-order valence-corrected chi connectivity index (χ1v) is 9.42. The van der Waals surface area contributed by atoms with Gasteiger partial charge in [0.05, 0.1) is 17.6 Å². The second kappa shape index (κ2) is 7.82. The van der Waals surface area contributed by atoms with E-state index in [4.69, 9.17) is 6.42 Å². The van der Waals surface area contributed by atoms with Gasteiger partial charge in [-0.25, -0.2) is 4.98 Å². The number of likely N-dealkylation sites (tertiary alicyclic amines) is 1. The van der Waals surface area contributed by atoms with E-state index in [-0.39, 0.29) is 6.54 Å². The highest BCUT2D eigenvalue weighted by molar-refractivity contribution is 7.09. The van der Waals surface area contributed by atoms with Crippen molar-refractivity contribution in [3.05, 3.63) is 33.5 Å². The number of thiazole rings is 1. The van der Waals surface area contributed by atoms with Crippen molar-refractivity contribution in [3.63, 3.8) is 0 Å². The molecule has 1 atom stereocenters. The fourth-order valence-electron chi connectivity index (χ4n) is 3.27. The number of rotatable bonds is 5. The summed E-state index contributed by atoms with van der Waals surface area (Å²) in [7, 11) is 0. The lowest BCUT2D eigenvalue weighted by molar-refractivity contribution is -0.141. The summed E-state index contributed by atoms with van der Waals surface area (Å²) in [5.41, 5.74) is 0.0860. The average Bonchev–Trinajstić information content (AvgIpc) is 3.26. The van der Waals surface area contributed by atoms with Gasteiger partial charge in [-0.1, -0.05) is 0 Å². The van der Waals surface area contributed by atoms with Crippen LogP contribution in [0.15, 0.2) is 11.4 Å². The molecule has 0 aliphatic carbocycles. The molecule has 0 amide bonds. The molecule has 0 aromatic carbocycles. The third kappa shape index (κ3) is 4.39. The van der Waals surface area contributed by atoms with Crippen LogP contribution in [0.4, 0.5) is 13.2 Å². The fourth-order valence-corrected chi connectivity index (χ4v) is 4.21. The average molecular weight is 396 g/mol. The van der Waals surface area contributed by atoms with Gasteiger partial charge in [0.2, 0.25) is 0 Å². The molecular formula is C18H19F3N4OS. The van der Waals surface area contributed by atoms with Crippen molar-refractivity contribution in [2.75, 3.05) is 13.1 Å². The lowest BCUT2D eigenvalue weighted by Gasteiger charge is -2.34. The summed E-state index contributed by atoms with van der Waals surface area (Å²) in [6, 6.07) is 0.489. The van der Waals surface area contributed by atoms with Crippen LogP contribution in [0.25, 0.3) is 0 Å². The highest BCUT2D eigenvalue weighted by Gasteiger charge is 2.35. The molecule has 1 unspecified atom stereocenters. The third-order valence-corrected chi connectivity index (χ3v) is 5.81. The number of terminal acetylenes is 1. The maximum atomic E-state index is 12.8. The van der Waals surface area contributed by atoms with Crippen LogP contribution in [0, 0.1) is 19.3 Å². The van der Waals surface area contributed by atoms with Crippen LogP contribution in [0.2, 0.25) is 0 Å². The molecule has 3 rings (SSSR count). The normalized spacial score (nSPS) is 17.6. The van der Waals surface area contributed by atoms with Crippen LogP contribution >= 0.6 is 11.3 Å². The van der Waals surface area contributed by atoms with Crippen LogP contribution in [0.1, 0.15) is 40.8 Å². The first-order valence-electron chi connectivity index (χ1n) is 8.55. The van der Waals surface area contributed by atoms with E-state index >= 15 is 0 Å². The lowest BCUT2D eigenvalue weighted by atomic mass is 9.96. The highest BCUT2D eigenvalue weighted by Crippen LogP contribution is 2.31. The molecule has 0 spiro atoms. The molecule has 2 aromatic heterocycles. The number of hydrogen-bond donors (Lipinski definition) is 0. The van der Waals surface area contributed by atoms with Crippen molar-refractivity contribution < 1.29 is 18.0 Å². The number of hydrogen-bond acceptors (Lipinski definition) is 5. The smallest absolute Gasteiger partial charge is 0.302 e. The molecule has 5 nitrogen and oxygen atoms in total. The van der Waals surface area contributed by atoms with Gasteiger partial charge < -0.3 is 4.79 Å².